The third-order valence-corrected chi connectivity index (χ3v) is 7.54. The molecule has 0 aliphatic heterocycles. The molecule has 1 aromatic rings. The number of rotatable bonds is 15. The van der Waals surface area contributed by atoms with E-state index in [2.05, 4.69) is 74.3 Å². The van der Waals surface area contributed by atoms with E-state index in [4.69, 9.17) is 4.99 Å². The summed E-state index contributed by atoms with van der Waals surface area (Å²) in [7, 11) is 0. The van der Waals surface area contributed by atoms with Crippen molar-refractivity contribution in [3.05, 3.63) is 47.6 Å². The molecule has 1 aliphatic rings. The molecule has 194 valence electrons. The molecule has 1 heterocycles. The third-order valence-electron chi connectivity index (χ3n) is 7.21. The molecule has 0 bridgehead atoms. The lowest BCUT2D eigenvalue weighted by Crippen LogP contribution is -2.25. The number of hydrogen-bond acceptors (Lipinski definition) is 6. The van der Waals surface area contributed by atoms with Gasteiger partial charge in [0.15, 0.2) is 0 Å². The van der Waals surface area contributed by atoms with E-state index in [9.17, 15) is 5.11 Å². The SMILES string of the molecule is C=C(NCC(CCC)CCC)/C(C)=N/c1c(S)ncnc1CCC(C)(CCO)C1=CCCC=C1C. The Morgan fingerprint density at radius 1 is 1.20 bits per heavy atom. The molecular formula is C29H46N4OS. The zero-order valence-electron chi connectivity index (χ0n) is 22.5. The van der Waals surface area contributed by atoms with Crippen LogP contribution in [0.2, 0.25) is 0 Å². The van der Waals surface area contributed by atoms with Crippen LogP contribution in [0.3, 0.4) is 0 Å². The quantitative estimate of drug-likeness (QED) is 0.136. The van der Waals surface area contributed by atoms with E-state index in [-0.39, 0.29) is 12.0 Å². The number of aromatic nitrogens is 2. The molecule has 35 heavy (non-hydrogen) atoms. The van der Waals surface area contributed by atoms with E-state index >= 15 is 0 Å². The van der Waals surface area contributed by atoms with Crippen molar-refractivity contribution >= 4 is 24.0 Å². The summed E-state index contributed by atoms with van der Waals surface area (Å²) in [6.07, 6.45) is 15.5. The Bertz CT molecular complexity index is 931. The normalized spacial score (nSPS) is 16.1. The van der Waals surface area contributed by atoms with Gasteiger partial charge in [-0.3, -0.25) is 0 Å². The lowest BCUT2D eigenvalue weighted by molar-refractivity contribution is 0.215. The summed E-state index contributed by atoms with van der Waals surface area (Å²) in [6.45, 7) is 16.2. The van der Waals surface area contributed by atoms with Crippen molar-refractivity contribution in [2.45, 2.75) is 97.4 Å². The number of nitrogens with one attached hydrogen (secondary N) is 1. The van der Waals surface area contributed by atoms with E-state index in [0.29, 0.717) is 16.6 Å². The van der Waals surface area contributed by atoms with Crippen LogP contribution in [0.5, 0.6) is 0 Å². The number of allylic oxidation sites excluding steroid dienone is 5. The van der Waals surface area contributed by atoms with Gasteiger partial charge in [0, 0.05) is 18.8 Å². The number of aryl methyl sites for hydroxylation is 1. The largest absolute Gasteiger partial charge is 0.396 e. The fraction of sp³-hybridized carbons (Fsp3) is 0.621. The van der Waals surface area contributed by atoms with Crippen LogP contribution in [0.1, 0.15) is 91.7 Å². The lowest BCUT2D eigenvalue weighted by Gasteiger charge is -2.34. The number of aliphatic imine (C=N–C) groups is 1. The standard InChI is InChI=1S/C29H46N4OS/c1-7-11-24(12-8-2)19-30-22(4)23(5)33-27-26(31-20-32-28(27)35)15-16-29(6,17-18-34)25-14-10-9-13-21(25)3/h13-14,20,24,30,34H,4,7-12,15-19H2,1-3,5-6H3,(H,31,32,35)/b33-23+. The van der Waals surface area contributed by atoms with E-state index in [1.54, 1.807) is 6.33 Å². The maximum Gasteiger partial charge on any atom is 0.122 e. The first-order chi connectivity index (χ1) is 16.8. The van der Waals surface area contributed by atoms with Crippen molar-refractivity contribution in [3.63, 3.8) is 0 Å². The Morgan fingerprint density at radius 3 is 2.51 bits per heavy atom. The van der Waals surface area contributed by atoms with Crippen molar-refractivity contribution in [2.24, 2.45) is 16.3 Å². The minimum Gasteiger partial charge on any atom is -0.396 e. The molecule has 0 fully saturated rings. The van der Waals surface area contributed by atoms with Gasteiger partial charge in [-0.15, -0.1) is 12.6 Å². The first-order valence-corrected chi connectivity index (χ1v) is 13.7. The second-order valence-corrected chi connectivity index (χ2v) is 10.5. The van der Waals surface area contributed by atoms with Gasteiger partial charge in [0.1, 0.15) is 17.0 Å². The van der Waals surface area contributed by atoms with Crippen molar-refractivity contribution in [1.82, 2.24) is 15.3 Å². The highest BCUT2D eigenvalue weighted by molar-refractivity contribution is 7.80. The first-order valence-electron chi connectivity index (χ1n) is 13.3. The van der Waals surface area contributed by atoms with Gasteiger partial charge in [-0.1, -0.05) is 57.9 Å². The molecule has 0 amide bonds. The molecule has 0 saturated heterocycles. The molecule has 2 N–H and O–H groups in total. The third kappa shape index (κ3) is 8.60. The maximum atomic E-state index is 9.83. The second kappa shape index (κ2) is 14.6. The molecule has 0 radical (unpaired) electrons. The zero-order valence-corrected chi connectivity index (χ0v) is 23.4. The average Bonchev–Trinajstić information content (AvgIpc) is 2.83. The predicted molar refractivity (Wildman–Crippen MR) is 152 cm³/mol. The number of aliphatic hydroxyl groups is 1. The smallest absolute Gasteiger partial charge is 0.122 e. The molecule has 1 atom stereocenters. The molecule has 0 aromatic carbocycles. The fourth-order valence-electron chi connectivity index (χ4n) is 5.05. The topological polar surface area (TPSA) is 70.4 Å². The van der Waals surface area contributed by atoms with Gasteiger partial charge >= 0.3 is 0 Å². The molecular weight excluding hydrogens is 452 g/mol. The lowest BCUT2D eigenvalue weighted by atomic mass is 9.71. The van der Waals surface area contributed by atoms with Gasteiger partial charge in [0.05, 0.1) is 11.4 Å². The molecule has 6 heteroatoms. The number of thiol groups is 1. The monoisotopic (exact) mass is 498 g/mol. The van der Waals surface area contributed by atoms with Crippen LogP contribution in [-0.2, 0) is 6.42 Å². The Hall–Kier alpha value is -1.92. The summed E-state index contributed by atoms with van der Waals surface area (Å²) in [6, 6.07) is 0. The van der Waals surface area contributed by atoms with E-state index < -0.39 is 0 Å². The second-order valence-electron chi connectivity index (χ2n) is 10.1. The van der Waals surface area contributed by atoms with Gasteiger partial charge in [-0.05, 0) is 75.7 Å². The van der Waals surface area contributed by atoms with E-state index in [1.807, 2.05) is 6.92 Å². The molecule has 2 rings (SSSR count). The van der Waals surface area contributed by atoms with Crippen LogP contribution >= 0.6 is 12.6 Å². The van der Waals surface area contributed by atoms with Gasteiger partial charge in [0.2, 0.25) is 0 Å². The number of nitrogens with zero attached hydrogens (tertiary/aromatic N) is 3. The Labute approximate surface area is 218 Å². The highest BCUT2D eigenvalue weighted by Gasteiger charge is 2.30. The molecule has 1 aromatic heterocycles. The van der Waals surface area contributed by atoms with E-state index in [1.165, 1.54) is 36.8 Å². The van der Waals surface area contributed by atoms with Gasteiger partial charge in [-0.25, -0.2) is 15.0 Å². The molecule has 0 saturated carbocycles. The van der Waals surface area contributed by atoms with Crippen LogP contribution in [0.15, 0.2) is 51.9 Å². The van der Waals surface area contributed by atoms with Crippen molar-refractivity contribution in [1.29, 1.82) is 0 Å². The predicted octanol–water partition coefficient (Wildman–Crippen LogP) is 7.17. The highest BCUT2D eigenvalue weighted by Crippen LogP contribution is 2.42. The summed E-state index contributed by atoms with van der Waals surface area (Å²) in [5.41, 5.74) is 5.82. The average molecular weight is 499 g/mol. The van der Waals surface area contributed by atoms with Gasteiger partial charge < -0.3 is 10.4 Å². The Morgan fingerprint density at radius 2 is 1.89 bits per heavy atom. The summed E-state index contributed by atoms with van der Waals surface area (Å²) < 4.78 is 0. The van der Waals surface area contributed by atoms with Crippen LogP contribution in [0.25, 0.3) is 0 Å². The summed E-state index contributed by atoms with van der Waals surface area (Å²) in [5.74, 6) is 0.654. The van der Waals surface area contributed by atoms with Gasteiger partial charge in [-0.2, -0.15) is 0 Å². The van der Waals surface area contributed by atoms with Crippen molar-refractivity contribution in [2.75, 3.05) is 13.2 Å². The Kier molecular flexibility index (Phi) is 12.2. The minimum atomic E-state index is -0.119. The summed E-state index contributed by atoms with van der Waals surface area (Å²) >= 11 is 4.60. The van der Waals surface area contributed by atoms with E-state index in [0.717, 1.165) is 55.8 Å². The fourth-order valence-corrected chi connectivity index (χ4v) is 5.28. The van der Waals surface area contributed by atoms with Gasteiger partial charge in [0.25, 0.3) is 0 Å². The van der Waals surface area contributed by atoms with Crippen molar-refractivity contribution in [3.8, 4) is 0 Å². The highest BCUT2D eigenvalue weighted by atomic mass is 32.1. The summed E-state index contributed by atoms with van der Waals surface area (Å²) in [4.78, 5) is 13.8. The number of hydrogen-bond donors (Lipinski definition) is 3. The molecule has 1 unspecified atom stereocenters. The molecule has 1 aliphatic carbocycles. The summed E-state index contributed by atoms with van der Waals surface area (Å²) in [5, 5.41) is 13.9. The maximum absolute atomic E-state index is 9.83. The van der Waals surface area contributed by atoms with Crippen LogP contribution in [0, 0.1) is 11.3 Å². The number of aliphatic hydroxyl groups excluding tert-OH is 1. The Balaban J connectivity index is 2.19. The zero-order chi connectivity index (χ0) is 25.8. The molecule has 5 nitrogen and oxygen atoms in total. The molecule has 0 spiro atoms. The van der Waals surface area contributed by atoms with Crippen molar-refractivity contribution < 1.29 is 5.11 Å². The van der Waals surface area contributed by atoms with Crippen LogP contribution in [0.4, 0.5) is 5.69 Å². The van der Waals surface area contributed by atoms with Crippen LogP contribution < -0.4 is 5.32 Å². The van der Waals surface area contributed by atoms with Crippen LogP contribution in [-0.4, -0.2) is 33.9 Å². The first kappa shape index (κ1) is 29.3. The minimum absolute atomic E-state index is 0.119.